The normalized spacial score (nSPS) is 14.0. The van der Waals surface area contributed by atoms with Crippen molar-refractivity contribution in [2.24, 2.45) is 0 Å². The molecular formula is C8H8F2N2O5S. The molecule has 1 atom stereocenters. The summed E-state index contributed by atoms with van der Waals surface area (Å²) in [5.41, 5.74) is -0.317. The molecule has 0 saturated carbocycles. The number of rotatable bonds is 4. The first-order chi connectivity index (χ1) is 8.16. The molecular weight excluding hydrogens is 274 g/mol. The molecule has 0 fully saturated rings. The van der Waals surface area contributed by atoms with Gasteiger partial charge in [0.15, 0.2) is 11.8 Å². The first-order valence-corrected chi connectivity index (χ1v) is 5.92. The van der Waals surface area contributed by atoms with Crippen LogP contribution in [-0.2, 0) is 14.9 Å². The predicted molar refractivity (Wildman–Crippen MR) is 53.4 cm³/mol. The van der Waals surface area contributed by atoms with E-state index in [1.165, 1.54) is 6.20 Å². The van der Waals surface area contributed by atoms with Crippen molar-refractivity contribution in [1.29, 1.82) is 0 Å². The van der Waals surface area contributed by atoms with E-state index in [4.69, 9.17) is 4.55 Å². The molecule has 0 aliphatic rings. The summed E-state index contributed by atoms with van der Waals surface area (Å²) in [4.78, 5) is 18.2. The molecule has 1 heterocycles. The van der Waals surface area contributed by atoms with Crippen LogP contribution >= 0.6 is 0 Å². The van der Waals surface area contributed by atoms with Crippen molar-refractivity contribution >= 4 is 16.1 Å². The first kappa shape index (κ1) is 14.4. The van der Waals surface area contributed by atoms with Crippen LogP contribution in [0.1, 0.15) is 17.4 Å². The third kappa shape index (κ3) is 2.96. The molecule has 100 valence electrons. The fourth-order valence-corrected chi connectivity index (χ4v) is 1.38. The zero-order valence-corrected chi connectivity index (χ0v) is 9.76. The lowest BCUT2D eigenvalue weighted by Crippen LogP contribution is -2.42. The average Bonchev–Trinajstić information content (AvgIpc) is 2.28. The van der Waals surface area contributed by atoms with E-state index in [2.05, 4.69) is 14.7 Å². The highest BCUT2D eigenvalue weighted by Crippen LogP contribution is 2.27. The van der Waals surface area contributed by atoms with Gasteiger partial charge in [0.1, 0.15) is 6.33 Å². The molecule has 0 spiro atoms. The van der Waals surface area contributed by atoms with E-state index in [1.807, 2.05) is 0 Å². The summed E-state index contributed by atoms with van der Waals surface area (Å²) in [6.45, 7) is 0.632. The highest BCUT2D eigenvalue weighted by Gasteiger charge is 2.52. The molecule has 1 unspecified atom stereocenters. The maximum Gasteiger partial charge on any atom is 0.405 e. The second kappa shape index (κ2) is 4.90. The van der Waals surface area contributed by atoms with Crippen LogP contribution in [-0.4, -0.2) is 40.3 Å². The molecule has 1 aromatic rings. The van der Waals surface area contributed by atoms with Crippen molar-refractivity contribution in [3.63, 3.8) is 0 Å². The second-order valence-corrected chi connectivity index (χ2v) is 4.67. The lowest BCUT2D eigenvalue weighted by atomic mass is 10.4. The summed E-state index contributed by atoms with van der Waals surface area (Å²) in [5, 5.41) is -4.60. The summed E-state index contributed by atoms with van der Waals surface area (Å²) in [6, 6.07) is 1.10. The van der Waals surface area contributed by atoms with Gasteiger partial charge in [0.2, 0.25) is 0 Å². The summed E-state index contributed by atoms with van der Waals surface area (Å²) < 4.78 is 59.4. The largest absolute Gasteiger partial charge is 0.450 e. The average molecular weight is 282 g/mol. The molecule has 0 saturated heterocycles. The first-order valence-electron chi connectivity index (χ1n) is 4.48. The van der Waals surface area contributed by atoms with E-state index in [-0.39, 0.29) is 5.69 Å². The Balaban J connectivity index is 2.84. The minimum absolute atomic E-state index is 0.317. The van der Waals surface area contributed by atoms with E-state index in [1.54, 1.807) is 0 Å². The van der Waals surface area contributed by atoms with Crippen LogP contribution in [0.2, 0.25) is 0 Å². The van der Waals surface area contributed by atoms with Gasteiger partial charge in [-0.25, -0.2) is 14.8 Å². The molecule has 1 aromatic heterocycles. The molecule has 10 heteroatoms. The molecule has 1 N–H and O–H groups in total. The van der Waals surface area contributed by atoms with E-state index in [0.29, 0.717) is 6.92 Å². The molecule has 18 heavy (non-hydrogen) atoms. The van der Waals surface area contributed by atoms with E-state index < -0.39 is 27.4 Å². The quantitative estimate of drug-likeness (QED) is 0.633. The Morgan fingerprint density at radius 3 is 2.61 bits per heavy atom. The fraction of sp³-hybridized carbons (Fsp3) is 0.375. The number of esters is 1. The number of hydrogen-bond acceptors (Lipinski definition) is 6. The Labute approximate surface area is 101 Å². The third-order valence-corrected chi connectivity index (χ3v) is 2.91. The van der Waals surface area contributed by atoms with Gasteiger partial charge in [0.25, 0.3) is 0 Å². The zero-order chi connectivity index (χ0) is 14.0. The van der Waals surface area contributed by atoms with Gasteiger partial charge in [-0.1, -0.05) is 0 Å². The van der Waals surface area contributed by atoms with Gasteiger partial charge in [-0.05, 0) is 13.0 Å². The Bertz CT molecular complexity index is 534. The van der Waals surface area contributed by atoms with Crippen LogP contribution in [0, 0.1) is 0 Å². The SMILES string of the molecule is CC(OC(=O)c1ccncn1)C(F)(F)S(=O)(=O)O. The lowest BCUT2D eigenvalue weighted by Gasteiger charge is -2.20. The molecule has 0 radical (unpaired) electrons. The van der Waals surface area contributed by atoms with Gasteiger partial charge < -0.3 is 4.74 Å². The topological polar surface area (TPSA) is 106 Å². The van der Waals surface area contributed by atoms with Crippen LogP contribution in [0.4, 0.5) is 8.78 Å². The second-order valence-electron chi connectivity index (χ2n) is 3.18. The van der Waals surface area contributed by atoms with E-state index in [9.17, 15) is 22.0 Å². The number of alkyl halides is 2. The maximum absolute atomic E-state index is 13.1. The molecule has 0 bridgehead atoms. The van der Waals surface area contributed by atoms with Crippen molar-refractivity contribution in [1.82, 2.24) is 9.97 Å². The van der Waals surface area contributed by atoms with E-state index >= 15 is 0 Å². The molecule has 0 aromatic carbocycles. The van der Waals surface area contributed by atoms with Gasteiger partial charge in [0.05, 0.1) is 0 Å². The van der Waals surface area contributed by atoms with Gasteiger partial charge in [0, 0.05) is 6.20 Å². The van der Waals surface area contributed by atoms with Crippen LogP contribution in [0.5, 0.6) is 0 Å². The van der Waals surface area contributed by atoms with Crippen molar-refractivity contribution in [3.8, 4) is 0 Å². The summed E-state index contributed by atoms with van der Waals surface area (Å²) in [7, 11) is -5.67. The smallest absolute Gasteiger partial charge is 0.405 e. The van der Waals surface area contributed by atoms with Gasteiger partial charge in [-0.15, -0.1) is 0 Å². The van der Waals surface area contributed by atoms with Gasteiger partial charge >= 0.3 is 21.3 Å². The van der Waals surface area contributed by atoms with Crippen molar-refractivity contribution in [3.05, 3.63) is 24.3 Å². The number of hydrogen-bond donors (Lipinski definition) is 1. The van der Waals surface area contributed by atoms with Gasteiger partial charge in [-0.3, -0.25) is 4.55 Å². The third-order valence-electron chi connectivity index (χ3n) is 1.89. The highest BCUT2D eigenvalue weighted by molar-refractivity contribution is 7.86. The molecule has 1 rings (SSSR count). The number of aromatic nitrogens is 2. The monoisotopic (exact) mass is 282 g/mol. The number of nitrogens with zero attached hydrogens (tertiary/aromatic N) is 2. The lowest BCUT2D eigenvalue weighted by molar-refractivity contribution is -0.0553. The summed E-state index contributed by atoms with van der Waals surface area (Å²) in [6.07, 6.45) is -0.202. The predicted octanol–water partition coefficient (Wildman–Crippen LogP) is 0.502. The van der Waals surface area contributed by atoms with Crippen molar-refractivity contribution in [2.75, 3.05) is 0 Å². The van der Waals surface area contributed by atoms with Crippen LogP contribution in [0.3, 0.4) is 0 Å². The fourth-order valence-electron chi connectivity index (χ4n) is 0.911. The van der Waals surface area contributed by atoms with Crippen molar-refractivity contribution in [2.45, 2.75) is 18.3 Å². The van der Waals surface area contributed by atoms with Crippen LogP contribution < -0.4 is 0 Å². The molecule has 0 aliphatic heterocycles. The summed E-state index contributed by atoms with van der Waals surface area (Å²) >= 11 is 0. The minimum atomic E-state index is -5.67. The maximum atomic E-state index is 13.1. The Morgan fingerprint density at radius 2 is 2.17 bits per heavy atom. The number of carbonyl (C=O) groups is 1. The Morgan fingerprint density at radius 1 is 1.56 bits per heavy atom. The molecule has 0 amide bonds. The Hall–Kier alpha value is -1.68. The highest BCUT2D eigenvalue weighted by atomic mass is 32.2. The zero-order valence-electron chi connectivity index (χ0n) is 8.95. The minimum Gasteiger partial charge on any atom is -0.450 e. The van der Waals surface area contributed by atoms with Gasteiger partial charge in [-0.2, -0.15) is 17.2 Å². The standard InChI is InChI=1S/C8H8F2N2O5S/c1-5(8(9,10)18(14,15)16)17-7(13)6-2-3-11-4-12-6/h2-5H,1H3,(H,14,15,16). The van der Waals surface area contributed by atoms with Crippen LogP contribution in [0.25, 0.3) is 0 Å². The number of ether oxygens (including phenoxy) is 1. The molecule has 7 nitrogen and oxygen atoms in total. The molecule has 0 aliphatic carbocycles. The number of halogens is 2. The van der Waals surface area contributed by atoms with Crippen LogP contribution in [0.15, 0.2) is 18.6 Å². The summed E-state index contributed by atoms with van der Waals surface area (Å²) in [5.74, 6) is -1.26. The van der Waals surface area contributed by atoms with E-state index in [0.717, 1.165) is 12.4 Å². The Kier molecular flexibility index (Phi) is 3.92. The number of carbonyl (C=O) groups excluding carboxylic acids is 1. The van der Waals surface area contributed by atoms with Crippen molar-refractivity contribution < 1.29 is 31.3 Å².